The molecule has 8 heteroatoms. The Morgan fingerprint density at radius 1 is 1.19 bits per heavy atom. The average molecular weight is 426 g/mol. The predicted octanol–water partition coefficient (Wildman–Crippen LogP) is 4.43. The maximum Gasteiger partial charge on any atom is 0.244 e. The summed E-state index contributed by atoms with van der Waals surface area (Å²) in [6, 6.07) is 10.6. The van der Waals surface area contributed by atoms with Gasteiger partial charge >= 0.3 is 0 Å². The van der Waals surface area contributed by atoms with Crippen LogP contribution in [-0.2, 0) is 14.8 Å². The van der Waals surface area contributed by atoms with Crippen LogP contribution >= 0.6 is 23.4 Å². The molecule has 1 atom stereocenters. The second kappa shape index (κ2) is 8.14. The van der Waals surface area contributed by atoms with Gasteiger partial charge in [-0.25, -0.2) is 12.8 Å². The van der Waals surface area contributed by atoms with E-state index in [9.17, 15) is 17.6 Å². The maximum atomic E-state index is 13.4. The number of carbonyl (C=O) groups is 1. The standard InChI is InChI=1S/C19H17ClFNO3S2/c1-2-26-19(23)17-11-12-22(18(17)13-3-7-15(21)8-4-13)27(24,25)16-9-5-14(20)6-10-16/h3-11,18H,2,12H2,1H3. The van der Waals surface area contributed by atoms with E-state index in [1.54, 1.807) is 6.08 Å². The molecule has 0 spiro atoms. The van der Waals surface area contributed by atoms with E-state index in [4.69, 9.17) is 11.6 Å². The van der Waals surface area contributed by atoms with Crippen molar-refractivity contribution in [3.8, 4) is 0 Å². The minimum atomic E-state index is -3.88. The number of rotatable bonds is 5. The van der Waals surface area contributed by atoms with Gasteiger partial charge in [-0.15, -0.1) is 0 Å². The first-order valence-corrected chi connectivity index (χ1v) is 11.0. The summed E-state index contributed by atoms with van der Waals surface area (Å²) in [4.78, 5) is 12.6. The van der Waals surface area contributed by atoms with Crippen LogP contribution in [0.1, 0.15) is 18.5 Å². The topological polar surface area (TPSA) is 54.5 Å². The molecule has 0 aliphatic carbocycles. The van der Waals surface area contributed by atoms with E-state index >= 15 is 0 Å². The summed E-state index contributed by atoms with van der Waals surface area (Å²) < 4.78 is 41.0. The summed E-state index contributed by atoms with van der Waals surface area (Å²) >= 11 is 6.98. The molecule has 142 valence electrons. The zero-order chi connectivity index (χ0) is 19.6. The number of nitrogens with zero attached hydrogens (tertiary/aromatic N) is 1. The summed E-state index contributed by atoms with van der Waals surface area (Å²) in [6.07, 6.45) is 1.63. The molecule has 4 nitrogen and oxygen atoms in total. The van der Waals surface area contributed by atoms with Crippen molar-refractivity contribution in [1.82, 2.24) is 4.31 Å². The molecule has 3 rings (SSSR count). The van der Waals surface area contributed by atoms with Crippen molar-refractivity contribution in [1.29, 1.82) is 0 Å². The lowest BCUT2D eigenvalue weighted by atomic mass is 10.0. The first-order chi connectivity index (χ1) is 12.8. The molecule has 0 aromatic heterocycles. The van der Waals surface area contributed by atoms with Crippen LogP contribution in [0, 0.1) is 5.82 Å². The van der Waals surface area contributed by atoms with Crippen LogP contribution in [0.5, 0.6) is 0 Å². The first-order valence-electron chi connectivity index (χ1n) is 8.24. The average Bonchev–Trinajstić information content (AvgIpc) is 3.09. The summed E-state index contributed by atoms with van der Waals surface area (Å²) in [7, 11) is -3.88. The predicted molar refractivity (Wildman–Crippen MR) is 106 cm³/mol. The largest absolute Gasteiger partial charge is 0.282 e. The number of halogens is 2. The van der Waals surface area contributed by atoms with Crippen LogP contribution in [0.15, 0.2) is 65.1 Å². The third kappa shape index (κ3) is 4.11. The summed E-state index contributed by atoms with van der Waals surface area (Å²) in [5.74, 6) is 0.152. The molecule has 0 radical (unpaired) electrons. The van der Waals surface area contributed by atoms with Crippen LogP contribution in [-0.4, -0.2) is 30.1 Å². The molecule has 0 bridgehead atoms. The van der Waals surface area contributed by atoms with Crippen LogP contribution in [0.4, 0.5) is 4.39 Å². The maximum absolute atomic E-state index is 13.4. The summed E-state index contributed by atoms with van der Waals surface area (Å²) in [5.41, 5.74) is 0.939. The highest BCUT2D eigenvalue weighted by Crippen LogP contribution is 2.39. The Morgan fingerprint density at radius 2 is 1.81 bits per heavy atom. The molecule has 1 heterocycles. The van der Waals surface area contributed by atoms with Crippen LogP contribution < -0.4 is 0 Å². The molecule has 0 saturated heterocycles. The van der Waals surface area contributed by atoms with Gasteiger partial charge in [-0.3, -0.25) is 4.79 Å². The van der Waals surface area contributed by atoms with E-state index in [1.807, 2.05) is 6.92 Å². The lowest BCUT2D eigenvalue weighted by Gasteiger charge is -2.26. The summed E-state index contributed by atoms with van der Waals surface area (Å²) in [5, 5.41) is 0.249. The first kappa shape index (κ1) is 20.1. The lowest BCUT2D eigenvalue weighted by Crippen LogP contribution is -2.33. The molecule has 27 heavy (non-hydrogen) atoms. The van der Waals surface area contributed by atoms with Gasteiger partial charge < -0.3 is 0 Å². The van der Waals surface area contributed by atoms with E-state index in [0.29, 0.717) is 21.9 Å². The Morgan fingerprint density at radius 3 is 2.41 bits per heavy atom. The minimum Gasteiger partial charge on any atom is -0.282 e. The highest BCUT2D eigenvalue weighted by atomic mass is 35.5. The number of hydrogen-bond donors (Lipinski definition) is 0. The number of hydrogen-bond acceptors (Lipinski definition) is 4. The quantitative estimate of drug-likeness (QED) is 0.711. The third-order valence-electron chi connectivity index (χ3n) is 4.19. The van der Waals surface area contributed by atoms with Crippen molar-refractivity contribution >= 4 is 38.5 Å². The van der Waals surface area contributed by atoms with E-state index in [0.717, 1.165) is 11.8 Å². The Hall–Kier alpha value is -1.67. The Kier molecular flexibility index (Phi) is 6.05. The van der Waals surface area contributed by atoms with Gasteiger partial charge in [0, 0.05) is 17.1 Å². The minimum absolute atomic E-state index is 0.0678. The molecule has 1 unspecified atom stereocenters. The van der Waals surface area contributed by atoms with Crippen LogP contribution in [0.25, 0.3) is 0 Å². The molecular formula is C19H17ClFNO3S2. The Bertz CT molecular complexity index is 973. The third-order valence-corrected chi connectivity index (χ3v) is 7.07. The SMILES string of the molecule is CCSC(=O)C1=CCN(S(=O)(=O)c2ccc(Cl)cc2)C1c1ccc(F)cc1. The van der Waals surface area contributed by atoms with Crippen molar-refractivity contribution in [2.24, 2.45) is 0 Å². The second-order valence-corrected chi connectivity index (χ2v) is 9.43. The molecule has 0 amide bonds. The zero-order valence-electron chi connectivity index (χ0n) is 14.4. The molecule has 2 aromatic rings. The van der Waals surface area contributed by atoms with Crippen LogP contribution in [0.2, 0.25) is 5.02 Å². The molecule has 0 saturated carbocycles. The molecular weight excluding hydrogens is 409 g/mol. The highest BCUT2D eigenvalue weighted by Gasteiger charge is 2.40. The fraction of sp³-hybridized carbons (Fsp3) is 0.211. The number of sulfonamides is 1. The zero-order valence-corrected chi connectivity index (χ0v) is 16.8. The van der Waals surface area contributed by atoms with Gasteiger partial charge in [-0.2, -0.15) is 4.31 Å². The monoisotopic (exact) mass is 425 g/mol. The van der Waals surface area contributed by atoms with Crippen molar-refractivity contribution in [3.63, 3.8) is 0 Å². The fourth-order valence-corrected chi connectivity index (χ4v) is 5.22. The van der Waals surface area contributed by atoms with Gasteiger partial charge in [-0.05, 0) is 47.7 Å². The lowest BCUT2D eigenvalue weighted by molar-refractivity contribution is -0.108. The van der Waals surface area contributed by atoms with E-state index in [-0.39, 0.29) is 16.6 Å². The van der Waals surface area contributed by atoms with Crippen molar-refractivity contribution in [2.45, 2.75) is 17.9 Å². The molecule has 2 aromatic carbocycles. The summed E-state index contributed by atoms with van der Waals surface area (Å²) in [6.45, 7) is 1.92. The molecule has 1 aliphatic rings. The fourth-order valence-electron chi connectivity index (χ4n) is 2.94. The van der Waals surface area contributed by atoms with Gasteiger partial charge in [0.1, 0.15) is 5.82 Å². The second-order valence-electron chi connectivity index (χ2n) is 5.86. The Labute approximate surface area is 167 Å². The number of benzene rings is 2. The van der Waals surface area contributed by atoms with Crippen molar-refractivity contribution in [3.05, 3.63) is 76.6 Å². The number of carbonyl (C=O) groups excluding carboxylic acids is 1. The van der Waals surface area contributed by atoms with Gasteiger partial charge in [0.05, 0.1) is 10.9 Å². The van der Waals surface area contributed by atoms with Gasteiger partial charge in [0.15, 0.2) is 0 Å². The van der Waals surface area contributed by atoms with E-state index in [1.165, 1.54) is 52.8 Å². The highest BCUT2D eigenvalue weighted by molar-refractivity contribution is 8.14. The van der Waals surface area contributed by atoms with Crippen LogP contribution in [0.3, 0.4) is 0 Å². The van der Waals surface area contributed by atoms with Crippen molar-refractivity contribution in [2.75, 3.05) is 12.3 Å². The molecule has 0 N–H and O–H groups in total. The van der Waals surface area contributed by atoms with E-state index in [2.05, 4.69) is 0 Å². The van der Waals surface area contributed by atoms with Crippen molar-refractivity contribution < 1.29 is 17.6 Å². The molecule has 0 fully saturated rings. The van der Waals surface area contributed by atoms with Gasteiger partial charge in [0.2, 0.25) is 15.1 Å². The normalized spacial score (nSPS) is 17.7. The van der Waals surface area contributed by atoms with E-state index < -0.39 is 21.9 Å². The molecule has 1 aliphatic heterocycles. The van der Waals surface area contributed by atoms with Gasteiger partial charge in [0.25, 0.3) is 0 Å². The van der Waals surface area contributed by atoms with Gasteiger partial charge in [-0.1, -0.05) is 48.5 Å². The Balaban J connectivity index is 2.05. The smallest absolute Gasteiger partial charge is 0.244 e. The number of thioether (sulfide) groups is 1.